The van der Waals surface area contributed by atoms with Crippen molar-refractivity contribution in [3.8, 4) is 0 Å². The highest BCUT2D eigenvalue weighted by Crippen LogP contribution is 2.26. The molecule has 0 unspecified atom stereocenters. The number of hydrogen-bond donors (Lipinski definition) is 0. The molecule has 0 atom stereocenters. The number of aryl methyl sites for hydroxylation is 2. The predicted molar refractivity (Wildman–Crippen MR) is 102 cm³/mol. The minimum atomic E-state index is 0.0402. The van der Waals surface area contributed by atoms with Crippen LogP contribution in [0.2, 0.25) is 0 Å². The second kappa shape index (κ2) is 7.08. The van der Waals surface area contributed by atoms with Gasteiger partial charge in [-0.25, -0.2) is 4.98 Å². The molecule has 5 nitrogen and oxygen atoms in total. The Labute approximate surface area is 153 Å². The Hall–Kier alpha value is -2.40. The molecule has 0 amide bonds. The average Bonchev–Trinajstić information content (AvgIpc) is 3.10. The normalized spacial score (nSPS) is 15.6. The molecule has 1 saturated heterocycles. The molecule has 3 aromatic rings. The Morgan fingerprint density at radius 3 is 2.73 bits per heavy atom. The van der Waals surface area contributed by atoms with Gasteiger partial charge in [0.2, 0.25) is 0 Å². The first-order valence-corrected chi connectivity index (χ1v) is 9.41. The highest BCUT2D eigenvalue weighted by molar-refractivity contribution is 5.45. The van der Waals surface area contributed by atoms with Crippen molar-refractivity contribution in [2.45, 2.75) is 45.6 Å². The number of aromatic nitrogens is 3. The van der Waals surface area contributed by atoms with Gasteiger partial charge < -0.3 is 9.30 Å². The van der Waals surface area contributed by atoms with Crippen LogP contribution in [0.1, 0.15) is 48.3 Å². The number of ether oxygens (including phenoxy) is 1. The molecule has 0 spiro atoms. The lowest BCUT2D eigenvalue weighted by Gasteiger charge is -2.21. The van der Waals surface area contributed by atoms with Crippen molar-refractivity contribution in [3.63, 3.8) is 0 Å². The molecule has 0 aliphatic carbocycles. The summed E-state index contributed by atoms with van der Waals surface area (Å²) in [6, 6.07) is 8.24. The first kappa shape index (κ1) is 17.0. The van der Waals surface area contributed by atoms with E-state index >= 15 is 0 Å². The highest BCUT2D eigenvalue weighted by Gasteiger charge is 2.22. The van der Waals surface area contributed by atoms with Crippen LogP contribution in [0.3, 0.4) is 0 Å². The summed E-state index contributed by atoms with van der Waals surface area (Å²) in [5.74, 6) is 1.36. The van der Waals surface area contributed by atoms with Gasteiger partial charge in [-0.1, -0.05) is 31.2 Å². The maximum atomic E-state index is 13.2. The SMILES string of the molecule is CCc1cn2c(C3CCOCC3)ncc2c(=O)n1Cc1ccccc1C. The standard InChI is InChI=1S/C21H25N3O2/c1-3-18-14-24-19(12-22-20(24)16-8-10-26-11-9-16)21(25)23(18)13-17-7-5-4-6-15(17)2/h4-7,12,14,16H,3,8-11,13H2,1-2H3. The van der Waals surface area contributed by atoms with Crippen LogP contribution < -0.4 is 5.56 Å². The molecule has 5 heteroatoms. The smallest absolute Gasteiger partial charge is 0.277 e. The molecule has 1 aliphatic heterocycles. The lowest BCUT2D eigenvalue weighted by molar-refractivity contribution is 0.0835. The Morgan fingerprint density at radius 2 is 2.00 bits per heavy atom. The van der Waals surface area contributed by atoms with Crippen molar-refractivity contribution in [2.24, 2.45) is 0 Å². The zero-order valence-electron chi connectivity index (χ0n) is 15.4. The minimum absolute atomic E-state index is 0.0402. The largest absolute Gasteiger partial charge is 0.381 e. The summed E-state index contributed by atoms with van der Waals surface area (Å²) in [6.07, 6.45) is 6.58. The third-order valence-electron chi connectivity index (χ3n) is 5.45. The topological polar surface area (TPSA) is 48.5 Å². The van der Waals surface area contributed by atoms with Gasteiger partial charge in [-0.2, -0.15) is 0 Å². The molecule has 0 bridgehead atoms. The number of rotatable bonds is 4. The Bertz CT molecular complexity index is 981. The quantitative estimate of drug-likeness (QED) is 0.724. The minimum Gasteiger partial charge on any atom is -0.381 e. The van der Waals surface area contributed by atoms with Gasteiger partial charge in [-0.05, 0) is 37.3 Å². The van der Waals surface area contributed by atoms with Crippen molar-refractivity contribution in [1.82, 2.24) is 14.0 Å². The van der Waals surface area contributed by atoms with E-state index in [4.69, 9.17) is 4.74 Å². The van der Waals surface area contributed by atoms with Crippen LogP contribution in [-0.2, 0) is 17.7 Å². The maximum Gasteiger partial charge on any atom is 0.277 e. The fourth-order valence-electron chi connectivity index (χ4n) is 3.83. The van der Waals surface area contributed by atoms with Gasteiger partial charge in [0.05, 0.1) is 12.7 Å². The Morgan fingerprint density at radius 1 is 1.23 bits per heavy atom. The van der Waals surface area contributed by atoms with Gasteiger partial charge >= 0.3 is 0 Å². The van der Waals surface area contributed by atoms with Gasteiger partial charge in [-0.3, -0.25) is 9.20 Å². The summed E-state index contributed by atoms with van der Waals surface area (Å²) in [5, 5.41) is 0. The van der Waals surface area contributed by atoms with Gasteiger partial charge in [0.25, 0.3) is 5.56 Å². The lowest BCUT2D eigenvalue weighted by Crippen LogP contribution is -2.27. The third kappa shape index (κ3) is 2.97. The Kier molecular flexibility index (Phi) is 4.64. The maximum absolute atomic E-state index is 13.2. The van der Waals surface area contributed by atoms with Crippen molar-refractivity contribution in [1.29, 1.82) is 0 Å². The predicted octanol–water partition coefficient (Wildman–Crippen LogP) is 3.31. The van der Waals surface area contributed by atoms with Crippen LogP contribution in [0.15, 0.2) is 41.5 Å². The molecular formula is C21H25N3O2. The summed E-state index contributed by atoms with van der Waals surface area (Å²) in [5.41, 5.74) is 4.13. The van der Waals surface area contributed by atoms with Crippen molar-refractivity contribution >= 4 is 5.52 Å². The fourth-order valence-corrected chi connectivity index (χ4v) is 3.83. The summed E-state index contributed by atoms with van der Waals surface area (Å²) in [4.78, 5) is 17.8. The first-order chi connectivity index (χ1) is 12.7. The van der Waals surface area contributed by atoms with Gasteiger partial charge in [0.15, 0.2) is 0 Å². The molecule has 136 valence electrons. The number of benzene rings is 1. The fraction of sp³-hybridized carbons (Fsp3) is 0.429. The van der Waals surface area contributed by atoms with Crippen molar-refractivity contribution in [3.05, 3.63) is 69.7 Å². The summed E-state index contributed by atoms with van der Waals surface area (Å²) in [7, 11) is 0. The summed E-state index contributed by atoms with van der Waals surface area (Å²) in [6.45, 7) is 6.32. The number of imidazole rings is 1. The average molecular weight is 351 g/mol. The number of nitrogens with zero attached hydrogens (tertiary/aromatic N) is 3. The van der Waals surface area contributed by atoms with Crippen LogP contribution in [0.4, 0.5) is 0 Å². The molecule has 1 aliphatic rings. The van der Waals surface area contributed by atoms with E-state index in [9.17, 15) is 4.79 Å². The molecule has 1 fully saturated rings. The highest BCUT2D eigenvalue weighted by atomic mass is 16.5. The van der Waals surface area contributed by atoms with Crippen LogP contribution >= 0.6 is 0 Å². The summed E-state index contributed by atoms with van der Waals surface area (Å²) < 4.78 is 9.39. The zero-order chi connectivity index (χ0) is 18.1. The van der Waals surface area contributed by atoms with E-state index in [1.165, 1.54) is 11.1 Å². The van der Waals surface area contributed by atoms with E-state index in [1.807, 2.05) is 21.1 Å². The van der Waals surface area contributed by atoms with E-state index in [2.05, 4.69) is 37.2 Å². The van der Waals surface area contributed by atoms with Crippen LogP contribution in [-0.4, -0.2) is 27.2 Å². The van der Waals surface area contributed by atoms with E-state index in [-0.39, 0.29) is 5.56 Å². The second-order valence-corrected chi connectivity index (χ2v) is 7.05. The van der Waals surface area contributed by atoms with Crippen LogP contribution in [0.5, 0.6) is 0 Å². The Balaban J connectivity index is 1.81. The van der Waals surface area contributed by atoms with Gasteiger partial charge in [-0.15, -0.1) is 0 Å². The van der Waals surface area contributed by atoms with Crippen LogP contribution in [0, 0.1) is 6.92 Å². The van der Waals surface area contributed by atoms with E-state index in [1.54, 1.807) is 6.20 Å². The molecular weight excluding hydrogens is 326 g/mol. The molecule has 4 rings (SSSR count). The molecule has 2 aromatic heterocycles. The number of fused-ring (bicyclic) bond motifs is 1. The summed E-state index contributed by atoms with van der Waals surface area (Å²) >= 11 is 0. The molecule has 0 saturated carbocycles. The number of hydrogen-bond acceptors (Lipinski definition) is 3. The molecule has 1 aromatic carbocycles. The molecule has 3 heterocycles. The first-order valence-electron chi connectivity index (χ1n) is 9.41. The van der Waals surface area contributed by atoms with Crippen molar-refractivity contribution < 1.29 is 4.74 Å². The van der Waals surface area contributed by atoms with E-state index in [0.29, 0.717) is 18.0 Å². The van der Waals surface area contributed by atoms with Gasteiger partial charge in [0.1, 0.15) is 11.3 Å². The van der Waals surface area contributed by atoms with Crippen LogP contribution in [0.25, 0.3) is 5.52 Å². The third-order valence-corrected chi connectivity index (χ3v) is 5.45. The molecule has 26 heavy (non-hydrogen) atoms. The zero-order valence-corrected chi connectivity index (χ0v) is 15.4. The van der Waals surface area contributed by atoms with E-state index in [0.717, 1.165) is 44.0 Å². The molecule has 0 N–H and O–H groups in total. The van der Waals surface area contributed by atoms with E-state index < -0.39 is 0 Å². The second-order valence-electron chi connectivity index (χ2n) is 7.05. The van der Waals surface area contributed by atoms with Crippen molar-refractivity contribution in [2.75, 3.05) is 13.2 Å². The lowest BCUT2D eigenvalue weighted by atomic mass is 9.99. The monoisotopic (exact) mass is 351 g/mol. The van der Waals surface area contributed by atoms with Gasteiger partial charge in [0, 0.05) is 31.0 Å². The molecule has 0 radical (unpaired) electrons.